The van der Waals surface area contributed by atoms with Gasteiger partial charge in [-0.1, -0.05) is 97.1 Å². The molecule has 8 rings (SSSR count). The third kappa shape index (κ3) is 2.83. The Morgan fingerprint density at radius 1 is 0.351 bits per heavy atom. The Labute approximate surface area is 213 Å². The molecule has 0 radical (unpaired) electrons. The lowest BCUT2D eigenvalue weighted by atomic mass is 9.94. The first-order valence-corrected chi connectivity index (χ1v) is 13.8. The van der Waals surface area contributed by atoms with E-state index in [9.17, 15) is 8.42 Å². The fourth-order valence-corrected chi connectivity index (χ4v) is 7.43. The molecule has 0 N–H and O–H groups in total. The van der Waals surface area contributed by atoms with Gasteiger partial charge in [0.15, 0.2) is 0 Å². The van der Waals surface area contributed by atoms with Gasteiger partial charge in [0.25, 0.3) is 0 Å². The van der Waals surface area contributed by atoms with Gasteiger partial charge in [0.2, 0.25) is 9.84 Å². The van der Waals surface area contributed by atoms with Gasteiger partial charge in [0.1, 0.15) is 0 Å². The van der Waals surface area contributed by atoms with Gasteiger partial charge in [0.05, 0.1) is 9.79 Å². The summed E-state index contributed by atoms with van der Waals surface area (Å²) in [5, 5.41) is 13.0. The quantitative estimate of drug-likeness (QED) is 0.226. The molecular formula is C34H20O2S. The Morgan fingerprint density at radius 2 is 0.811 bits per heavy atom. The van der Waals surface area contributed by atoms with E-state index in [-0.39, 0.29) is 0 Å². The summed E-state index contributed by atoms with van der Waals surface area (Å²) in [6.07, 6.45) is 0. The van der Waals surface area contributed by atoms with E-state index in [1.54, 1.807) is 6.07 Å². The fourth-order valence-electron chi connectivity index (χ4n) is 6.07. The van der Waals surface area contributed by atoms with Crippen LogP contribution in [0.25, 0.3) is 64.6 Å². The summed E-state index contributed by atoms with van der Waals surface area (Å²) in [6, 6.07) is 40.3. The second-order valence-corrected chi connectivity index (χ2v) is 11.7. The summed E-state index contributed by atoms with van der Waals surface area (Å²) in [7, 11) is -3.74. The van der Waals surface area contributed by atoms with Crippen LogP contribution in [0.3, 0.4) is 0 Å². The standard InChI is InChI=1S/C34H20O2S/c35-37(36,26-18-23-14-12-21-6-5-7-22-13-15-24(19-26)34(23)33(21)22)25-16-17-31-29-10-2-1-8-27(29)28-9-3-4-11-30(28)32(31)20-25/h1-20H. The molecule has 2 nitrogen and oxygen atoms in total. The second kappa shape index (κ2) is 7.28. The van der Waals surface area contributed by atoms with Gasteiger partial charge in [0, 0.05) is 0 Å². The van der Waals surface area contributed by atoms with Crippen LogP contribution in [0.2, 0.25) is 0 Å². The first-order chi connectivity index (χ1) is 18.1. The van der Waals surface area contributed by atoms with E-state index in [0.29, 0.717) is 9.79 Å². The number of rotatable bonds is 2. The summed E-state index contributed by atoms with van der Waals surface area (Å²) in [5.74, 6) is 0. The molecule has 0 bridgehead atoms. The lowest BCUT2D eigenvalue weighted by molar-refractivity contribution is 0.596. The minimum absolute atomic E-state index is 0.313. The van der Waals surface area contributed by atoms with Crippen LogP contribution in [0, 0.1) is 0 Å². The molecule has 0 unspecified atom stereocenters. The average Bonchev–Trinajstić information content (AvgIpc) is 2.95. The average molecular weight is 493 g/mol. The van der Waals surface area contributed by atoms with Crippen LogP contribution >= 0.6 is 0 Å². The molecule has 0 spiro atoms. The van der Waals surface area contributed by atoms with Gasteiger partial charge >= 0.3 is 0 Å². The molecule has 0 aliphatic rings. The highest BCUT2D eigenvalue weighted by molar-refractivity contribution is 7.91. The number of sulfone groups is 1. The van der Waals surface area contributed by atoms with E-state index in [1.807, 2.05) is 60.7 Å². The van der Waals surface area contributed by atoms with Gasteiger partial charge in [-0.25, -0.2) is 8.42 Å². The van der Waals surface area contributed by atoms with Crippen LogP contribution in [0.5, 0.6) is 0 Å². The number of hydrogen-bond acceptors (Lipinski definition) is 2. The van der Waals surface area contributed by atoms with Gasteiger partial charge in [-0.2, -0.15) is 0 Å². The van der Waals surface area contributed by atoms with Crippen molar-refractivity contribution in [2.45, 2.75) is 9.79 Å². The van der Waals surface area contributed by atoms with Crippen molar-refractivity contribution in [3.63, 3.8) is 0 Å². The van der Waals surface area contributed by atoms with Gasteiger partial charge < -0.3 is 0 Å². The lowest BCUT2D eigenvalue weighted by Crippen LogP contribution is -2.02. The third-order valence-corrected chi connectivity index (χ3v) is 9.50. The Kier molecular flexibility index (Phi) is 4.07. The normalized spacial score (nSPS) is 12.5. The van der Waals surface area contributed by atoms with Crippen LogP contribution in [0.15, 0.2) is 131 Å². The highest BCUT2D eigenvalue weighted by atomic mass is 32.2. The minimum atomic E-state index is -3.74. The van der Waals surface area contributed by atoms with E-state index < -0.39 is 9.84 Å². The SMILES string of the molecule is O=S(=O)(c1cc2ccc3cccc4ccc(c1)c2c34)c1ccc2c3ccccc3c3ccccc3c2c1. The van der Waals surface area contributed by atoms with Crippen LogP contribution in [0.1, 0.15) is 0 Å². The summed E-state index contributed by atoms with van der Waals surface area (Å²) in [5.41, 5.74) is 0. The minimum Gasteiger partial charge on any atom is -0.219 e. The lowest BCUT2D eigenvalue weighted by Gasteiger charge is -2.14. The summed E-state index contributed by atoms with van der Waals surface area (Å²) >= 11 is 0. The van der Waals surface area contributed by atoms with Crippen molar-refractivity contribution in [1.82, 2.24) is 0 Å². The van der Waals surface area contributed by atoms with E-state index in [2.05, 4.69) is 54.6 Å². The van der Waals surface area contributed by atoms with Crippen molar-refractivity contribution in [3.05, 3.63) is 121 Å². The van der Waals surface area contributed by atoms with Gasteiger partial charge in [-0.15, -0.1) is 0 Å². The molecule has 0 aliphatic heterocycles. The molecule has 8 aromatic carbocycles. The largest absolute Gasteiger partial charge is 0.219 e. The van der Waals surface area contributed by atoms with Gasteiger partial charge in [-0.3, -0.25) is 0 Å². The zero-order valence-electron chi connectivity index (χ0n) is 19.8. The summed E-state index contributed by atoms with van der Waals surface area (Å²) in [4.78, 5) is 0.635. The predicted octanol–water partition coefficient (Wildman–Crippen LogP) is 8.88. The van der Waals surface area contributed by atoms with Gasteiger partial charge in [-0.05, 0) is 88.9 Å². The Balaban J connectivity index is 1.40. The first kappa shape index (κ1) is 20.7. The molecule has 0 aliphatic carbocycles. The third-order valence-electron chi connectivity index (χ3n) is 7.77. The molecule has 3 heteroatoms. The first-order valence-electron chi connectivity index (χ1n) is 12.4. The molecule has 0 aromatic heterocycles. The maximum Gasteiger partial charge on any atom is 0.206 e. The van der Waals surface area contributed by atoms with E-state index in [1.165, 1.54) is 21.5 Å². The van der Waals surface area contributed by atoms with Crippen molar-refractivity contribution in [2.24, 2.45) is 0 Å². The summed E-state index contributed by atoms with van der Waals surface area (Å²) < 4.78 is 28.1. The zero-order chi connectivity index (χ0) is 24.7. The molecule has 0 saturated heterocycles. The van der Waals surface area contributed by atoms with Crippen molar-refractivity contribution >= 4 is 74.5 Å². The highest BCUT2D eigenvalue weighted by Crippen LogP contribution is 2.39. The fraction of sp³-hybridized carbons (Fsp3) is 0. The Morgan fingerprint density at radius 3 is 1.38 bits per heavy atom. The van der Waals surface area contributed by atoms with Crippen LogP contribution < -0.4 is 0 Å². The molecule has 37 heavy (non-hydrogen) atoms. The molecule has 0 fully saturated rings. The second-order valence-electron chi connectivity index (χ2n) is 9.76. The van der Waals surface area contributed by atoms with Crippen LogP contribution in [-0.4, -0.2) is 8.42 Å². The van der Waals surface area contributed by atoms with Crippen LogP contribution in [-0.2, 0) is 9.84 Å². The Bertz CT molecular complexity index is 2220. The predicted molar refractivity (Wildman–Crippen MR) is 155 cm³/mol. The molecule has 0 saturated carbocycles. The van der Waals surface area contributed by atoms with Crippen molar-refractivity contribution in [1.29, 1.82) is 0 Å². The zero-order valence-corrected chi connectivity index (χ0v) is 20.6. The number of fused-ring (bicyclic) bond motifs is 6. The van der Waals surface area contributed by atoms with Crippen LogP contribution in [0.4, 0.5) is 0 Å². The van der Waals surface area contributed by atoms with E-state index >= 15 is 0 Å². The molecule has 0 atom stereocenters. The number of benzene rings is 8. The maximum absolute atomic E-state index is 14.0. The van der Waals surface area contributed by atoms with Crippen molar-refractivity contribution in [3.8, 4) is 0 Å². The topological polar surface area (TPSA) is 34.1 Å². The number of hydrogen-bond donors (Lipinski definition) is 0. The van der Waals surface area contributed by atoms with Crippen molar-refractivity contribution < 1.29 is 8.42 Å². The summed E-state index contributed by atoms with van der Waals surface area (Å²) in [6.45, 7) is 0. The smallest absolute Gasteiger partial charge is 0.206 e. The van der Waals surface area contributed by atoms with Crippen molar-refractivity contribution in [2.75, 3.05) is 0 Å². The highest BCUT2D eigenvalue weighted by Gasteiger charge is 2.21. The molecule has 0 amide bonds. The molecule has 0 heterocycles. The maximum atomic E-state index is 14.0. The monoisotopic (exact) mass is 492 g/mol. The molecular weight excluding hydrogens is 472 g/mol. The Hall–Kier alpha value is -4.47. The molecule has 174 valence electrons. The van der Waals surface area contributed by atoms with E-state index in [0.717, 1.165) is 43.1 Å². The van der Waals surface area contributed by atoms with E-state index in [4.69, 9.17) is 0 Å². The molecule has 8 aromatic rings.